The maximum Gasteiger partial charge on any atom is 0.284 e. The molecule has 0 spiro atoms. The molecule has 174 valence electrons. The Balaban J connectivity index is 1.49. The van der Waals surface area contributed by atoms with Gasteiger partial charge in [-0.15, -0.1) is 0 Å². The molecule has 2 N–H and O–H groups in total. The fourth-order valence-corrected chi connectivity index (χ4v) is 4.77. The van der Waals surface area contributed by atoms with Gasteiger partial charge in [0, 0.05) is 23.5 Å². The van der Waals surface area contributed by atoms with Crippen molar-refractivity contribution in [2.45, 2.75) is 65.5 Å². The monoisotopic (exact) mass is 458 g/mol. The summed E-state index contributed by atoms with van der Waals surface area (Å²) in [5.74, 6) is 0.727. The normalized spacial score (nSPS) is 15.8. The molecular formula is C24H26N8O2. The molecule has 0 amide bonds. The van der Waals surface area contributed by atoms with Gasteiger partial charge in [-0.1, -0.05) is 0 Å². The fourth-order valence-electron chi connectivity index (χ4n) is 4.77. The van der Waals surface area contributed by atoms with E-state index in [0.29, 0.717) is 34.0 Å². The third kappa shape index (κ3) is 3.32. The SMILES string of the molecule is Cc1cc(C)c2c(=O)nc(NNc3nc(=O)c4c(C)cc(C)nc4n3C3CC3)n(C3CC3)c2n1. The highest BCUT2D eigenvalue weighted by Gasteiger charge is 2.31. The number of nitrogens with one attached hydrogen (secondary N) is 2. The van der Waals surface area contributed by atoms with Gasteiger partial charge >= 0.3 is 0 Å². The van der Waals surface area contributed by atoms with Gasteiger partial charge in [0.25, 0.3) is 11.1 Å². The number of hydrogen-bond donors (Lipinski definition) is 2. The van der Waals surface area contributed by atoms with E-state index in [1.807, 2.05) is 49.0 Å². The summed E-state index contributed by atoms with van der Waals surface area (Å²) in [4.78, 5) is 43.9. The predicted molar refractivity (Wildman–Crippen MR) is 130 cm³/mol. The largest absolute Gasteiger partial charge is 0.291 e. The van der Waals surface area contributed by atoms with Crippen molar-refractivity contribution in [1.82, 2.24) is 29.1 Å². The number of hydrogen-bond acceptors (Lipinski definition) is 8. The molecule has 0 bridgehead atoms. The second kappa shape index (κ2) is 7.34. The van der Waals surface area contributed by atoms with Crippen LogP contribution in [0.25, 0.3) is 22.1 Å². The van der Waals surface area contributed by atoms with Crippen LogP contribution in [0.5, 0.6) is 0 Å². The molecule has 0 saturated heterocycles. The molecule has 0 aliphatic heterocycles. The summed E-state index contributed by atoms with van der Waals surface area (Å²) in [7, 11) is 0. The molecule has 4 aromatic heterocycles. The third-order valence-electron chi connectivity index (χ3n) is 6.52. The summed E-state index contributed by atoms with van der Waals surface area (Å²) >= 11 is 0. The van der Waals surface area contributed by atoms with E-state index in [4.69, 9.17) is 0 Å². The zero-order chi connectivity index (χ0) is 23.7. The van der Waals surface area contributed by atoms with Gasteiger partial charge in [0.1, 0.15) is 11.3 Å². The van der Waals surface area contributed by atoms with E-state index in [2.05, 4.69) is 30.8 Å². The first-order chi connectivity index (χ1) is 16.3. The zero-order valence-corrected chi connectivity index (χ0v) is 19.6. The van der Waals surface area contributed by atoms with Crippen molar-refractivity contribution in [3.63, 3.8) is 0 Å². The van der Waals surface area contributed by atoms with Gasteiger partial charge in [0.15, 0.2) is 0 Å². The van der Waals surface area contributed by atoms with Gasteiger partial charge in [-0.05, 0) is 76.6 Å². The molecule has 10 nitrogen and oxygen atoms in total. The Morgan fingerprint density at radius 1 is 0.676 bits per heavy atom. The molecule has 0 radical (unpaired) electrons. The highest BCUT2D eigenvalue weighted by atomic mass is 16.1. The van der Waals surface area contributed by atoms with Crippen molar-refractivity contribution in [2.75, 3.05) is 10.9 Å². The molecule has 10 heteroatoms. The lowest BCUT2D eigenvalue weighted by atomic mass is 10.2. The van der Waals surface area contributed by atoms with E-state index in [0.717, 1.165) is 48.2 Å². The van der Waals surface area contributed by atoms with Crippen LogP contribution in [0, 0.1) is 27.7 Å². The van der Waals surface area contributed by atoms with Crippen molar-refractivity contribution in [3.05, 3.63) is 55.4 Å². The Labute approximate surface area is 195 Å². The molecule has 2 saturated carbocycles. The lowest BCUT2D eigenvalue weighted by Gasteiger charge is -2.20. The number of fused-ring (bicyclic) bond motifs is 2. The number of rotatable bonds is 5. The van der Waals surface area contributed by atoms with Crippen LogP contribution in [0.1, 0.15) is 60.3 Å². The number of hydrazine groups is 1. The Hall–Kier alpha value is -3.82. The Bertz CT molecular complexity index is 1490. The van der Waals surface area contributed by atoms with E-state index in [1.165, 1.54) is 0 Å². The molecule has 0 aromatic carbocycles. The van der Waals surface area contributed by atoms with Crippen LogP contribution in [-0.4, -0.2) is 29.1 Å². The summed E-state index contributed by atoms with van der Waals surface area (Å²) in [6.07, 6.45) is 3.97. The summed E-state index contributed by atoms with van der Waals surface area (Å²) in [5, 5.41) is 1.08. The van der Waals surface area contributed by atoms with E-state index in [1.54, 1.807) is 0 Å². The molecule has 34 heavy (non-hydrogen) atoms. The first kappa shape index (κ1) is 20.8. The topological polar surface area (TPSA) is 120 Å². The van der Waals surface area contributed by atoms with Gasteiger partial charge < -0.3 is 0 Å². The Kier molecular flexibility index (Phi) is 4.48. The predicted octanol–water partition coefficient (Wildman–Crippen LogP) is 3.24. The molecule has 4 aromatic rings. The first-order valence-electron chi connectivity index (χ1n) is 11.6. The second-order valence-corrected chi connectivity index (χ2v) is 9.49. The molecule has 4 heterocycles. The average Bonchev–Trinajstić information content (AvgIpc) is 3.64. The maximum atomic E-state index is 12.9. The smallest absolute Gasteiger partial charge is 0.284 e. The van der Waals surface area contributed by atoms with Crippen LogP contribution >= 0.6 is 0 Å². The van der Waals surface area contributed by atoms with Gasteiger partial charge in [-0.3, -0.25) is 29.6 Å². The van der Waals surface area contributed by atoms with Crippen molar-refractivity contribution >= 4 is 34.0 Å². The lowest BCUT2D eigenvalue weighted by Crippen LogP contribution is -2.27. The van der Waals surface area contributed by atoms with E-state index in [-0.39, 0.29) is 23.2 Å². The van der Waals surface area contributed by atoms with Crippen molar-refractivity contribution in [2.24, 2.45) is 0 Å². The molecule has 0 atom stereocenters. The zero-order valence-electron chi connectivity index (χ0n) is 19.6. The van der Waals surface area contributed by atoms with Gasteiger partial charge in [0.2, 0.25) is 11.9 Å². The minimum atomic E-state index is -0.333. The standard InChI is InChI=1S/C24H26N8O2/c1-11-9-13(3)25-19-17(11)21(33)27-23(31(19)15-5-6-15)29-30-24-28-22(34)18-12(2)10-14(4)26-20(18)32(24)16-7-8-16/h9-10,15-16H,5-8H2,1-4H3,(H,27,29,33)(H,28,30,34). The number of nitrogens with zero attached hydrogens (tertiary/aromatic N) is 6. The second-order valence-electron chi connectivity index (χ2n) is 9.49. The summed E-state index contributed by atoms with van der Waals surface area (Å²) in [6.45, 7) is 7.66. The first-order valence-corrected chi connectivity index (χ1v) is 11.6. The van der Waals surface area contributed by atoms with Gasteiger partial charge in [0.05, 0.1) is 10.8 Å². The quantitative estimate of drug-likeness (QED) is 0.438. The van der Waals surface area contributed by atoms with E-state index in [9.17, 15) is 9.59 Å². The third-order valence-corrected chi connectivity index (χ3v) is 6.52. The minimum Gasteiger partial charge on any atom is -0.291 e. The van der Waals surface area contributed by atoms with Crippen molar-refractivity contribution in [1.29, 1.82) is 0 Å². The molecule has 6 rings (SSSR count). The van der Waals surface area contributed by atoms with Crippen LogP contribution < -0.4 is 22.0 Å². The van der Waals surface area contributed by atoms with Gasteiger partial charge in [-0.2, -0.15) is 9.97 Å². The van der Waals surface area contributed by atoms with E-state index >= 15 is 0 Å². The summed E-state index contributed by atoms with van der Waals surface area (Å²) in [6, 6.07) is 4.24. The number of pyridine rings is 2. The minimum absolute atomic E-state index is 0.218. The fraction of sp³-hybridized carbons (Fsp3) is 0.417. The molecule has 2 aliphatic rings. The molecular weight excluding hydrogens is 432 g/mol. The number of anilines is 2. The molecule has 2 fully saturated rings. The highest BCUT2D eigenvalue weighted by Crippen LogP contribution is 2.40. The maximum absolute atomic E-state index is 12.9. The Morgan fingerprint density at radius 2 is 1.06 bits per heavy atom. The van der Waals surface area contributed by atoms with Crippen LogP contribution in [0.4, 0.5) is 11.9 Å². The molecule has 0 unspecified atom stereocenters. The van der Waals surface area contributed by atoms with Crippen molar-refractivity contribution < 1.29 is 0 Å². The van der Waals surface area contributed by atoms with Gasteiger partial charge in [-0.25, -0.2) is 9.97 Å². The van der Waals surface area contributed by atoms with Crippen LogP contribution in [0.2, 0.25) is 0 Å². The van der Waals surface area contributed by atoms with Crippen LogP contribution in [0.3, 0.4) is 0 Å². The number of aromatic nitrogens is 6. The molecule has 2 aliphatic carbocycles. The van der Waals surface area contributed by atoms with E-state index < -0.39 is 0 Å². The Morgan fingerprint density at radius 3 is 1.41 bits per heavy atom. The summed E-state index contributed by atoms with van der Waals surface area (Å²) < 4.78 is 3.97. The lowest BCUT2D eigenvalue weighted by molar-refractivity contribution is 0.728. The number of aryl methyl sites for hydroxylation is 4. The van der Waals surface area contributed by atoms with Crippen LogP contribution in [0.15, 0.2) is 21.7 Å². The van der Waals surface area contributed by atoms with Crippen molar-refractivity contribution in [3.8, 4) is 0 Å². The van der Waals surface area contributed by atoms with Crippen LogP contribution in [-0.2, 0) is 0 Å². The average molecular weight is 459 g/mol. The summed E-state index contributed by atoms with van der Waals surface area (Å²) in [5.41, 5.74) is 10.2. The highest BCUT2D eigenvalue weighted by molar-refractivity contribution is 5.81.